The molecule has 0 spiro atoms. The van der Waals surface area contributed by atoms with Crippen molar-refractivity contribution in [3.63, 3.8) is 0 Å². The van der Waals surface area contributed by atoms with Gasteiger partial charge in [-0.05, 0) is 60.9 Å². The molecule has 1 N–H and O–H groups in total. The maximum absolute atomic E-state index is 11.9. The standard InChI is InChI=1S/C23H25NO5/c1-5-12-28-20-10-7-18(14-21(20)27-4)8-11-23(26)29-15-22(25)24-19-9-6-16(2)17(3)13-19/h5-11,13-14H,1,12,15H2,2-4H3,(H,24,25)/b11-8+. The van der Waals surface area contributed by atoms with Gasteiger partial charge in [0.15, 0.2) is 18.1 Å². The number of esters is 1. The highest BCUT2D eigenvalue weighted by Gasteiger charge is 2.07. The van der Waals surface area contributed by atoms with Crippen molar-refractivity contribution in [3.05, 3.63) is 71.8 Å². The summed E-state index contributed by atoms with van der Waals surface area (Å²) in [5.41, 5.74) is 3.59. The molecule has 0 heterocycles. The number of anilines is 1. The number of ether oxygens (including phenoxy) is 3. The van der Waals surface area contributed by atoms with Crippen molar-refractivity contribution in [3.8, 4) is 11.5 Å². The summed E-state index contributed by atoms with van der Waals surface area (Å²) in [5.74, 6) is 0.0943. The molecule has 0 fully saturated rings. The van der Waals surface area contributed by atoms with Gasteiger partial charge in [0.2, 0.25) is 0 Å². The van der Waals surface area contributed by atoms with Crippen LogP contribution in [0.5, 0.6) is 11.5 Å². The molecule has 1 amide bonds. The van der Waals surface area contributed by atoms with E-state index >= 15 is 0 Å². The van der Waals surface area contributed by atoms with Crippen LogP contribution >= 0.6 is 0 Å². The van der Waals surface area contributed by atoms with Gasteiger partial charge in [-0.15, -0.1) is 0 Å². The quantitative estimate of drug-likeness (QED) is 0.394. The third-order valence-corrected chi connectivity index (χ3v) is 4.09. The summed E-state index contributed by atoms with van der Waals surface area (Å²) in [4.78, 5) is 23.8. The second-order valence-electron chi connectivity index (χ2n) is 6.30. The average molecular weight is 395 g/mol. The van der Waals surface area contributed by atoms with E-state index in [1.54, 1.807) is 36.4 Å². The molecule has 0 unspecified atom stereocenters. The average Bonchev–Trinajstić information content (AvgIpc) is 2.72. The number of rotatable bonds is 9. The van der Waals surface area contributed by atoms with Gasteiger partial charge in [0.25, 0.3) is 5.91 Å². The Morgan fingerprint density at radius 3 is 2.55 bits per heavy atom. The molecule has 6 nitrogen and oxygen atoms in total. The molecule has 0 saturated heterocycles. The molecular formula is C23H25NO5. The van der Waals surface area contributed by atoms with Crippen LogP contribution in [0.15, 0.2) is 55.1 Å². The summed E-state index contributed by atoms with van der Waals surface area (Å²) < 4.78 is 15.7. The SMILES string of the molecule is C=CCOc1ccc(/C=C/C(=O)OCC(=O)Nc2ccc(C)c(C)c2)cc1OC. The lowest BCUT2D eigenvalue weighted by atomic mass is 10.1. The molecule has 0 saturated carbocycles. The van der Waals surface area contributed by atoms with Gasteiger partial charge in [-0.3, -0.25) is 4.79 Å². The Morgan fingerprint density at radius 1 is 1.07 bits per heavy atom. The van der Waals surface area contributed by atoms with Crippen LogP contribution < -0.4 is 14.8 Å². The fourth-order valence-electron chi connectivity index (χ4n) is 2.42. The van der Waals surface area contributed by atoms with Crippen molar-refractivity contribution in [2.45, 2.75) is 13.8 Å². The van der Waals surface area contributed by atoms with Crippen LogP contribution in [0.2, 0.25) is 0 Å². The van der Waals surface area contributed by atoms with Gasteiger partial charge in [-0.2, -0.15) is 0 Å². The van der Waals surface area contributed by atoms with Gasteiger partial charge < -0.3 is 19.5 Å². The summed E-state index contributed by atoms with van der Waals surface area (Å²) >= 11 is 0. The van der Waals surface area contributed by atoms with Gasteiger partial charge in [0.1, 0.15) is 6.61 Å². The van der Waals surface area contributed by atoms with Gasteiger partial charge in [-0.1, -0.05) is 24.8 Å². The topological polar surface area (TPSA) is 73.9 Å². The van der Waals surface area contributed by atoms with E-state index in [2.05, 4.69) is 11.9 Å². The molecule has 152 valence electrons. The van der Waals surface area contributed by atoms with Crippen molar-refractivity contribution in [1.82, 2.24) is 0 Å². The molecule has 0 atom stereocenters. The van der Waals surface area contributed by atoms with Crippen LogP contribution in [-0.2, 0) is 14.3 Å². The second-order valence-corrected chi connectivity index (χ2v) is 6.30. The zero-order valence-electron chi connectivity index (χ0n) is 16.9. The second kappa shape index (κ2) is 10.7. The zero-order chi connectivity index (χ0) is 21.2. The van der Waals surface area contributed by atoms with Crippen LogP contribution in [0.1, 0.15) is 16.7 Å². The molecule has 0 aliphatic carbocycles. The summed E-state index contributed by atoms with van der Waals surface area (Å²) in [6.45, 7) is 7.55. The monoisotopic (exact) mass is 395 g/mol. The third kappa shape index (κ3) is 6.84. The summed E-state index contributed by atoms with van der Waals surface area (Å²) in [6, 6.07) is 10.8. The van der Waals surface area contributed by atoms with E-state index < -0.39 is 11.9 Å². The highest BCUT2D eigenvalue weighted by atomic mass is 16.5. The molecule has 2 aromatic carbocycles. The molecule has 0 bridgehead atoms. The number of amides is 1. The molecule has 6 heteroatoms. The minimum absolute atomic E-state index is 0.363. The van der Waals surface area contributed by atoms with Crippen LogP contribution in [0, 0.1) is 13.8 Å². The first-order valence-electron chi connectivity index (χ1n) is 9.06. The fourth-order valence-corrected chi connectivity index (χ4v) is 2.42. The number of carbonyl (C=O) groups is 2. The predicted octanol–water partition coefficient (Wildman–Crippen LogP) is 4.07. The lowest BCUT2D eigenvalue weighted by molar-refractivity contribution is -0.142. The van der Waals surface area contributed by atoms with Gasteiger partial charge in [0.05, 0.1) is 7.11 Å². The largest absolute Gasteiger partial charge is 0.493 e. The number of nitrogens with one attached hydrogen (secondary N) is 1. The summed E-state index contributed by atoms with van der Waals surface area (Å²) in [7, 11) is 1.53. The Bertz CT molecular complexity index is 917. The van der Waals surface area contributed by atoms with Crippen molar-refractivity contribution in [2.24, 2.45) is 0 Å². The highest BCUT2D eigenvalue weighted by Crippen LogP contribution is 2.28. The van der Waals surface area contributed by atoms with E-state index in [9.17, 15) is 9.59 Å². The molecule has 2 aromatic rings. The van der Waals surface area contributed by atoms with Crippen molar-refractivity contribution in [2.75, 3.05) is 25.6 Å². The van der Waals surface area contributed by atoms with E-state index in [0.717, 1.165) is 16.7 Å². The number of carbonyl (C=O) groups excluding carboxylic acids is 2. The van der Waals surface area contributed by atoms with Crippen molar-refractivity contribution in [1.29, 1.82) is 0 Å². The first-order chi connectivity index (χ1) is 13.9. The third-order valence-electron chi connectivity index (χ3n) is 4.09. The molecule has 0 radical (unpaired) electrons. The van der Waals surface area contributed by atoms with Gasteiger partial charge in [0, 0.05) is 11.8 Å². The molecule has 0 aliphatic heterocycles. The smallest absolute Gasteiger partial charge is 0.331 e. The molecule has 29 heavy (non-hydrogen) atoms. The minimum Gasteiger partial charge on any atom is -0.493 e. The Labute approximate surface area is 170 Å². The summed E-state index contributed by atoms with van der Waals surface area (Å²) in [6.07, 6.45) is 4.46. The fraction of sp³-hybridized carbons (Fsp3) is 0.217. The molecule has 2 rings (SSSR count). The lowest BCUT2D eigenvalue weighted by Gasteiger charge is -2.09. The van der Waals surface area contributed by atoms with Crippen LogP contribution in [-0.4, -0.2) is 32.2 Å². The normalized spacial score (nSPS) is 10.4. The van der Waals surface area contributed by atoms with Crippen molar-refractivity contribution >= 4 is 23.6 Å². The molecule has 0 aliphatic rings. The van der Waals surface area contributed by atoms with E-state index in [0.29, 0.717) is 23.8 Å². The van der Waals surface area contributed by atoms with E-state index in [1.165, 1.54) is 13.2 Å². The number of aryl methyl sites for hydroxylation is 2. The number of hydrogen-bond acceptors (Lipinski definition) is 5. The maximum Gasteiger partial charge on any atom is 0.331 e. The van der Waals surface area contributed by atoms with Crippen molar-refractivity contribution < 1.29 is 23.8 Å². The lowest BCUT2D eigenvalue weighted by Crippen LogP contribution is -2.20. The Hall–Kier alpha value is -3.54. The number of hydrogen-bond donors (Lipinski definition) is 1. The summed E-state index contributed by atoms with van der Waals surface area (Å²) in [5, 5.41) is 2.70. The zero-order valence-corrected chi connectivity index (χ0v) is 16.9. The Balaban J connectivity index is 1.87. The van der Waals surface area contributed by atoms with Crippen LogP contribution in [0.25, 0.3) is 6.08 Å². The van der Waals surface area contributed by atoms with E-state index in [1.807, 2.05) is 26.0 Å². The van der Waals surface area contributed by atoms with E-state index in [-0.39, 0.29) is 6.61 Å². The Morgan fingerprint density at radius 2 is 1.86 bits per heavy atom. The van der Waals surface area contributed by atoms with Gasteiger partial charge >= 0.3 is 5.97 Å². The number of methoxy groups -OCH3 is 1. The van der Waals surface area contributed by atoms with E-state index in [4.69, 9.17) is 14.2 Å². The van der Waals surface area contributed by atoms with Crippen LogP contribution in [0.3, 0.4) is 0 Å². The molecule has 0 aromatic heterocycles. The predicted molar refractivity (Wildman–Crippen MR) is 113 cm³/mol. The highest BCUT2D eigenvalue weighted by molar-refractivity contribution is 5.94. The minimum atomic E-state index is -0.619. The molecular weight excluding hydrogens is 370 g/mol. The maximum atomic E-state index is 11.9. The van der Waals surface area contributed by atoms with Gasteiger partial charge in [-0.25, -0.2) is 4.79 Å². The first-order valence-corrected chi connectivity index (χ1v) is 9.06. The van der Waals surface area contributed by atoms with Crippen LogP contribution in [0.4, 0.5) is 5.69 Å². The Kier molecular flexibility index (Phi) is 8.03. The first kappa shape index (κ1) is 21.8. The number of benzene rings is 2.